The number of thioether (sulfide) groups is 1. The Morgan fingerprint density at radius 3 is 2.62 bits per heavy atom. The molecular formula is C11H21NS. The van der Waals surface area contributed by atoms with Crippen molar-refractivity contribution in [1.29, 1.82) is 0 Å². The molecule has 0 spiro atoms. The summed E-state index contributed by atoms with van der Waals surface area (Å²) < 4.78 is 0.564. The summed E-state index contributed by atoms with van der Waals surface area (Å²) in [6.45, 7) is 8.32. The van der Waals surface area contributed by atoms with Gasteiger partial charge in [-0.2, -0.15) is 11.8 Å². The molecule has 13 heavy (non-hydrogen) atoms. The second-order valence-corrected chi connectivity index (χ2v) is 5.22. The van der Waals surface area contributed by atoms with E-state index in [1.165, 1.54) is 24.8 Å². The lowest BCUT2D eigenvalue weighted by Crippen LogP contribution is -2.43. The molecule has 1 aliphatic carbocycles. The first-order valence-electron chi connectivity index (χ1n) is 5.15. The van der Waals surface area contributed by atoms with Crippen LogP contribution in [0.2, 0.25) is 0 Å². The maximum atomic E-state index is 3.99. The Labute approximate surface area is 86.4 Å². The number of hydrogen-bond acceptors (Lipinski definition) is 2. The van der Waals surface area contributed by atoms with Crippen LogP contribution in [0.4, 0.5) is 0 Å². The van der Waals surface area contributed by atoms with Gasteiger partial charge >= 0.3 is 0 Å². The van der Waals surface area contributed by atoms with E-state index in [1.54, 1.807) is 0 Å². The molecule has 0 amide bonds. The summed E-state index contributed by atoms with van der Waals surface area (Å²) in [6.07, 6.45) is 7.52. The first kappa shape index (κ1) is 11.1. The van der Waals surface area contributed by atoms with Crippen molar-refractivity contribution < 1.29 is 0 Å². The van der Waals surface area contributed by atoms with Crippen molar-refractivity contribution in [3.63, 3.8) is 0 Å². The van der Waals surface area contributed by atoms with Crippen LogP contribution in [0.15, 0.2) is 12.2 Å². The monoisotopic (exact) mass is 199 g/mol. The van der Waals surface area contributed by atoms with E-state index in [9.17, 15) is 0 Å². The summed E-state index contributed by atoms with van der Waals surface area (Å²) in [6, 6.07) is 0. The summed E-state index contributed by atoms with van der Waals surface area (Å²) in [5.74, 6) is 0. The van der Waals surface area contributed by atoms with Gasteiger partial charge in [0.05, 0.1) is 0 Å². The third-order valence-corrected chi connectivity index (χ3v) is 4.44. The lowest BCUT2D eigenvalue weighted by Gasteiger charge is -2.40. The summed E-state index contributed by atoms with van der Waals surface area (Å²) >= 11 is 2.03. The van der Waals surface area contributed by atoms with Crippen LogP contribution in [0, 0.1) is 0 Å². The molecule has 0 radical (unpaired) electrons. The highest BCUT2D eigenvalue weighted by molar-refractivity contribution is 8.00. The molecule has 0 bridgehead atoms. The van der Waals surface area contributed by atoms with E-state index in [1.807, 2.05) is 11.8 Å². The minimum Gasteiger partial charge on any atom is -0.312 e. The van der Waals surface area contributed by atoms with Crippen molar-refractivity contribution >= 4 is 11.8 Å². The average molecular weight is 199 g/mol. The molecule has 2 heteroatoms. The molecule has 0 heterocycles. The minimum absolute atomic E-state index is 0.564. The first-order chi connectivity index (χ1) is 6.22. The summed E-state index contributed by atoms with van der Waals surface area (Å²) in [4.78, 5) is 0. The lowest BCUT2D eigenvalue weighted by atomic mass is 9.84. The SMILES string of the molecule is C=C(CC)CNCC1(SC)CCC1. The molecule has 76 valence electrons. The van der Waals surface area contributed by atoms with Gasteiger partial charge in [0.15, 0.2) is 0 Å². The Hall–Kier alpha value is 0.0500. The topological polar surface area (TPSA) is 12.0 Å². The van der Waals surface area contributed by atoms with Crippen molar-refractivity contribution in [2.75, 3.05) is 19.3 Å². The predicted octanol–water partition coefficient (Wildman–Crippen LogP) is 2.83. The largest absolute Gasteiger partial charge is 0.312 e. The maximum absolute atomic E-state index is 3.99. The fraction of sp³-hybridized carbons (Fsp3) is 0.818. The van der Waals surface area contributed by atoms with E-state index in [4.69, 9.17) is 0 Å². The zero-order valence-corrected chi connectivity index (χ0v) is 9.67. The zero-order chi connectivity index (χ0) is 9.73. The Kier molecular flexibility index (Phi) is 4.33. The fourth-order valence-corrected chi connectivity index (χ4v) is 2.56. The molecular weight excluding hydrogens is 178 g/mol. The Balaban J connectivity index is 2.14. The Bertz CT molecular complexity index is 167. The third-order valence-electron chi connectivity index (χ3n) is 3.02. The number of nitrogens with one attached hydrogen (secondary N) is 1. The van der Waals surface area contributed by atoms with Crippen LogP contribution in [0.1, 0.15) is 32.6 Å². The smallest absolute Gasteiger partial charge is 0.0281 e. The van der Waals surface area contributed by atoms with Crippen LogP contribution in [0.25, 0.3) is 0 Å². The fourth-order valence-electron chi connectivity index (χ4n) is 1.62. The van der Waals surface area contributed by atoms with Gasteiger partial charge in [-0.05, 0) is 25.5 Å². The van der Waals surface area contributed by atoms with Crippen LogP contribution >= 0.6 is 11.8 Å². The standard InChI is InChI=1S/C11H21NS/c1-4-10(2)8-12-9-11(13-3)6-5-7-11/h12H,2,4-9H2,1,3H3. The molecule has 0 aromatic heterocycles. The number of rotatable bonds is 6. The Morgan fingerprint density at radius 2 is 2.23 bits per heavy atom. The molecule has 0 aromatic rings. The van der Waals surface area contributed by atoms with E-state index in [0.717, 1.165) is 19.5 Å². The summed E-state index contributed by atoms with van der Waals surface area (Å²) in [7, 11) is 0. The van der Waals surface area contributed by atoms with Gasteiger partial charge in [-0.3, -0.25) is 0 Å². The minimum atomic E-state index is 0.564. The van der Waals surface area contributed by atoms with Crippen LogP contribution < -0.4 is 5.32 Å². The zero-order valence-electron chi connectivity index (χ0n) is 8.86. The van der Waals surface area contributed by atoms with Crippen LogP contribution in [0.5, 0.6) is 0 Å². The van der Waals surface area contributed by atoms with Gasteiger partial charge in [0, 0.05) is 17.8 Å². The number of hydrogen-bond donors (Lipinski definition) is 1. The molecule has 1 aliphatic rings. The van der Waals surface area contributed by atoms with Crippen molar-refractivity contribution in [1.82, 2.24) is 5.32 Å². The molecule has 0 saturated heterocycles. The summed E-state index contributed by atoms with van der Waals surface area (Å²) in [5, 5.41) is 3.51. The second kappa shape index (κ2) is 5.06. The average Bonchev–Trinajstić information content (AvgIpc) is 2.09. The highest BCUT2D eigenvalue weighted by atomic mass is 32.2. The molecule has 1 nitrogen and oxygen atoms in total. The van der Waals surface area contributed by atoms with Gasteiger partial charge in [0.25, 0.3) is 0 Å². The predicted molar refractivity (Wildman–Crippen MR) is 62.4 cm³/mol. The highest BCUT2D eigenvalue weighted by Crippen LogP contribution is 2.42. The second-order valence-electron chi connectivity index (χ2n) is 3.95. The molecule has 1 saturated carbocycles. The lowest BCUT2D eigenvalue weighted by molar-refractivity contribution is 0.349. The van der Waals surface area contributed by atoms with Gasteiger partial charge in [0.2, 0.25) is 0 Å². The molecule has 1 rings (SSSR count). The van der Waals surface area contributed by atoms with Crippen LogP contribution in [-0.2, 0) is 0 Å². The van der Waals surface area contributed by atoms with Crippen molar-refractivity contribution in [3.05, 3.63) is 12.2 Å². The molecule has 0 atom stereocenters. The third kappa shape index (κ3) is 3.03. The molecule has 1 fully saturated rings. The molecule has 1 N–H and O–H groups in total. The van der Waals surface area contributed by atoms with Crippen molar-refractivity contribution in [2.24, 2.45) is 0 Å². The van der Waals surface area contributed by atoms with E-state index >= 15 is 0 Å². The molecule has 0 aromatic carbocycles. The first-order valence-corrected chi connectivity index (χ1v) is 6.37. The van der Waals surface area contributed by atoms with Gasteiger partial charge < -0.3 is 5.32 Å². The molecule has 0 aliphatic heterocycles. The Morgan fingerprint density at radius 1 is 1.54 bits per heavy atom. The van der Waals surface area contributed by atoms with E-state index in [0.29, 0.717) is 4.75 Å². The van der Waals surface area contributed by atoms with E-state index < -0.39 is 0 Å². The maximum Gasteiger partial charge on any atom is 0.0281 e. The quantitative estimate of drug-likeness (QED) is 0.660. The molecule has 0 unspecified atom stereocenters. The van der Waals surface area contributed by atoms with Gasteiger partial charge in [-0.15, -0.1) is 0 Å². The van der Waals surface area contributed by atoms with Gasteiger partial charge in [-0.1, -0.05) is 25.5 Å². The van der Waals surface area contributed by atoms with Crippen LogP contribution in [0.3, 0.4) is 0 Å². The van der Waals surface area contributed by atoms with E-state index in [-0.39, 0.29) is 0 Å². The van der Waals surface area contributed by atoms with Gasteiger partial charge in [-0.25, -0.2) is 0 Å². The highest BCUT2D eigenvalue weighted by Gasteiger charge is 2.35. The van der Waals surface area contributed by atoms with E-state index in [2.05, 4.69) is 25.1 Å². The normalized spacial score (nSPS) is 19.5. The summed E-state index contributed by atoms with van der Waals surface area (Å²) in [5.41, 5.74) is 1.32. The van der Waals surface area contributed by atoms with Crippen molar-refractivity contribution in [2.45, 2.75) is 37.4 Å². The van der Waals surface area contributed by atoms with Crippen LogP contribution in [-0.4, -0.2) is 24.1 Å². The van der Waals surface area contributed by atoms with Gasteiger partial charge in [0.1, 0.15) is 0 Å². The van der Waals surface area contributed by atoms with Crippen molar-refractivity contribution in [3.8, 4) is 0 Å².